The summed E-state index contributed by atoms with van der Waals surface area (Å²) in [6.07, 6.45) is 1.76. The molecule has 0 fully saturated rings. The van der Waals surface area contributed by atoms with Gasteiger partial charge < -0.3 is 15.2 Å². The van der Waals surface area contributed by atoms with E-state index in [9.17, 15) is 5.11 Å². The van der Waals surface area contributed by atoms with Gasteiger partial charge in [0.15, 0.2) is 0 Å². The maximum atomic E-state index is 10.1. The number of pyridine rings is 1. The molecule has 6 nitrogen and oxygen atoms in total. The lowest BCUT2D eigenvalue weighted by molar-refractivity contribution is 0.256. The van der Waals surface area contributed by atoms with Gasteiger partial charge in [0.05, 0.1) is 35.6 Å². The van der Waals surface area contributed by atoms with E-state index in [2.05, 4.69) is 22.4 Å². The largest absolute Gasteiger partial charge is 0.487 e. The van der Waals surface area contributed by atoms with Crippen LogP contribution in [0.5, 0.6) is 5.75 Å². The standard InChI is InChI=1S/C29H24N4O2.C2H6/c1-20-29(35-19-23-4-2-21(14-30)3-5-23)28(18-34)26(16-32-20)17-33-27-12-10-25(11-13-27)24-8-6-22(15-31)7-9-24;1-2/h2-13,16,33-34H,17-19H2,1H3;1-2H3. The number of rotatable bonds is 8. The van der Waals surface area contributed by atoms with Crippen molar-refractivity contribution in [1.82, 2.24) is 4.98 Å². The van der Waals surface area contributed by atoms with Gasteiger partial charge in [-0.3, -0.25) is 4.98 Å². The van der Waals surface area contributed by atoms with Gasteiger partial charge in [0.2, 0.25) is 0 Å². The van der Waals surface area contributed by atoms with Crippen LogP contribution in [-0.2, 0) is 19.8 Å². The van der Waals surface area contributed by atoms with Gasteiger partial charge in [-0.15, -0.1) is 0 Å². The number of nitrogens with one attached hydrogen (secondary N) is 1. The molecule has 0 aliphatic rings. The van der Waals surface area contributed by atoms with E-state index in [1.54, 1.807) is 18.3 Å². The van der Waals surface area contributed by atoms with Gasteiger partial charge in [0.25, 0.3) is 0 Å². The molecule has 0 unspecified atom stereocenters. The Balaban J connectivity index is 0.00000186. The van der Waals surface area contributed by atoms with E-state index < -0.39 is 0 Å². The van der Waals surface area contributed by atoms with E-state index in [4.69, 9.17) is 15.3 Å². The number of nitriles is 2. The normalized spacial score (nSPS) is 9.89. The van der Waals surface area contributed by atoms with Crippen LogP contribution in [0.2, 0.25) is 0 Å². The van der Waals surface area contributed by atoms with Crippen molar-refractivity contribution in [3.63, 3.8) is 0 Å². The van der Waals surface area contributed by atoms with Crippen LogP contribution in [0.3, 0.4) is 0 Å². The van der Waals surface area contributed by atoms with Crippen molar-refractivity contribution in [2.75, 3.05) is 5.32 Å². The number of benzene rings is 3. The lowest BCUT2D eigenvalue weighted by Gasteiger charge is -2.17. The first kappa shape index (κ1) is 26.9. The first-order valence-corrected chi connectivity index (χ1v) is 12.2. The fraction of sp³-hybridized carbons (Fsp3) is 0.194. The maximum absolute atomic E-state index is 10.1. The summed E-state index contributed by atoms with van der Waals surface area (Å²) in [5, 5.41) is 31.4. The second kappa shape index (κ2) is 13.4. The third kappa shape index (κ3) is 6.95. The first-order valence-electron chi connectivity index (χ1n) is 12.2. The predicted molar refractivity (Wildman–Crippen MR) is 146 cm³/mol. The summed E-state index contributed by atoms with van der Waals surface area (Å²) in [5.74, 6) is 0.576. The Labute approximate surface area is 218 Å². The molecule has 0 atom stereocenters. The number of aliphatic hydroxyl groups excluding tert-OH is 1. The van der Waals surface area contributed by atoms with Crippen molar-refractivity contribution in [3.05, 3.63) is 113 Å². The average Bonchev–Trinajstić information content (AvgIpc) is 2.97. The van der Waals surface area contributed by atoms with Crippen LogP contribution in [0.1, 0.15) is 47.4 Å². The monoisotopic (exact) mass is 490 g/mol. The van der Waals surface area contributed by atoms with Crippen molar-refractivity contribution < 1.29 is 9.84 Å². The molecule has 2 N–H and O–H groups in total. The number of aromatic nitrogens is 1. The Hall–Kier alpha value is -4.65. The highest BCUT2D eigenvalue weighted by Crippen LogP contribution is 2.28. The lowest BCUT2D eigenvalue weighted by atomic mass is 10.0. The highest BCUT2D eigenvalue weighted by Gasteiger charge is 2.14. The number of hydrogen-bond donors (Lipinski definition) is 2. The molecule has 0 spiro atoms. The number of nitrogens with zero attached hydrogens (tertiary/aromatic N) is 3. The summed E-state index contributed by atoms with van der Waals surface area (Å²) in [5.41, 5.74) is 7.47. The van der Waals surface area contributed by atoms with Gasteiger partial charge in [-0.25, -0.2) is 0 Å². The molecule has 0 aliphatic heterocycles. The topological polar surface area (TPSA) is 102 Å². The molecule has 0 saturated carbocycles. The number of hydrogen-bond acceptors (Lipinski definition) is 6. The molecule has 4 aromatic rings. The molecule has 1 aromatic heterocycles. The first-order chi connectivity index (χ1) is 18.1. The molecule has 186 valence electrons. The Morgan fingerprint density at radius 3 is 1.92 bits per heavy atom. The zero-order chi connectivity index (χ0) is 26.6. The Bertz CT molecular complexity index is 1380. The zero-order valence-electron chi connectivity index (χ0n) is 21.3. The molecule has 0 radical (unpaired) electrons. The molecule has 0 bridgehead atoms. The minimum absolute atomic E-state index is 0.166. The fourth-order valence-electron chi connectivity index (χ4n) is 3.74. The van der Waals surface area contributed by atoms with E-state index in [-0.39, 0.29) is 6.61 Å². The van der Waals surface area contributed by atoms with Crippen molar-refractivity contribution in [3.8, 4) is 29.0 Å². The van der Waals surface area contributed by atoms with Crippen LogP contribution in [0, 0.1) is 29.6 Å². The molecule has 3 aromatic carbocycles. The van der Waals surface area contributed by atoms with E-state index in [0.717, 1.165) is 27.9 Å². The second-order valence-corrected chi connectivity index (χ2v) is 8.05. The number of aliphatic hydroxyl groups is 1. The van der Waals surface area contributed by atoms with Crippen LogP contribution < -0.4 is 10.1 Å². The number of anilines is 1. The summed E-state index contributed by atoms with van der Waals surface area (Å²) in [6.45, 7) is 6.48. The van der Waals surface area contributed by atoms with E-state index in [1.165, 1.54) is 0 Å². The quantitative estimate of drug-likeness (QED) is 0.292. The molecule has 0 aliphatic carbocycles. The van der Waals surface area contributed by atoms with Gasteiger partial charge in [-0.05, 0) is 65.6 Å². The fourth-order valence-corrected chi connectivity index (χ4v) is 3.74. The minimum Gasteiger partial charge on any atom is -0.487 e. The molecule has 1 heterocycles. The zero-order valence-corrected chi connectivity index (χ0v) is 21.3. The lowest BCUT2D eigenvalue weighted by Crippen LogP contribution is -2.09. The summed E-state index contributed by atoms with van der Waals surface area (Å²) in [7, 11) is 0. The molecule has 6 heteroatoms. The van der Waals surface area contributed by atoms with Crippen molar-refractivity contribution in [1.29, 1.82) is 10.5 Å². The van der Waals surface area contributed by atoms with Crippen LogP contribution in [-0.4, -0.2) is 10.1 Å². The van der Waals surface area contributed by atoms with Crippen LogP contribution in [0.15, 0.2) is 79.0 Å². The number of aryl methyl sites for hydroxylation is 1. The molecule has 4 rings (SSSR count). The molecule has 37 heavy (non-hydrogen) atoms. The third-order valence-electron chi connectivity index (χ3n) is 5.74. The van der Waals surface area contributed by atoms with E-state index >= 15 is 0 Å². The number of ether oxygens (including phenoxy) is 1. The minimum atomic E-state index is -0.166. The van der Waals surface area contributed by atoms with Crippen LogP contribution in [0.4, 0.5) is 5.69 Å². The van der Waals surface area contributed by atoms with E-state index in [1.807, 2.05) is 81.4 Å². The smallest absolute Gasteiger partial charge is 0.146 e. The average molecular weight is 491 g/mol. The Morgan fingerprint density at radius 1 is 0.838 bits per heavy atom. The molecule has 0 saturated heterocycles. The third-order valence-corrected chi connectivity index (χ3v) is 5.74. The Kier molecular flexibility index (Phi) is 9.79. The summed E-state index contributed by atoms with van der Waals surface area (Å²) in [6, 6.07) is 27.0. The van der Waals surface area contributed by atoms with Crippen molar-refractivity contribution in [2.45, 2.75) is 40.5 Å². The van der Waals surface area contributed by atoms with Gasteiger partial charge >= 0.3 is 0 Å². The summed E-state index contributed by atoms with van der Waals surface area (Å²) in [4.78, 5) is 4.47. The van der Waals surface area contributed by atoms with Gasteiger partial charge in [0.1, 0.15) is 12.4 Å². The second-order valence-electron chi connectivity index (χ2n) is 8.05. The predicted octanol–water partition coefficient (Wildman–Crippen LogP) is 6.51. The maximum Gasteiger partial charge on any atom is 0.146 e. The SMILES string of the molecule is CC.Cc1ncc(CNc2ccc(-c3ccc(C#N)cc3)cc2)c(CO)c1OCc1ccc(C#N)cc1. The summed E-state index contributed by atoms with van der Waals surface area (Å²) < 4.78 is 6.04. The highest BCUT2D eigenvalue weighted by molar-refractivity contribution is 5.66. The molecular formula is C31H30N4O2. The molecule has 0 amide bonds. The van der Waals surface area contributed by atoms with Gasteiger partial charge in [-0.2, -0.15) is 10.5 Å². The highest BCUT2D eigenvalue weighted by atomic mass is 16.5. The van der Waals surface area contributed by atoms with E-state index in [0.29, 0.717) is 41.3 Å². The van der Waals surface area contributed by atoms with Crippen molar-refractivity contribution in [2.24, 2.45) is 0 Å². The van der Waals surface area contributed by atoms with Crippen molar-refractivity contribution >= 4 is 5.69 Å². The summed E-state index contributed by atoms with van der Waals surface area (Å²) >= 11 is 0. The van der Waals surface area contributed by atoms with Crippen LogP contribution in [0.25, 0.3) is 11.1 Å². The van der Waals surface area contributed by atoms with Gasteiger partial charge in [-0.1, -0.05) is 50.2 Å². The molecular weight excluding hydrogens is 460 g/mol. The van der Waals surface area contributed by atoms with Gasteiger partial charge in [0, 0.05) is 24.0 Å². The van der Waals surface area contributed by atoms with Crippen LogP contribution >= 0.6 is 0 Å². The Morgan fingerprint density at radius 2 is 1.38 bits per heavy atom.